The third kappa shape index (κ3) is 3.15. The van der Waals surface area contributed by atoms with Crippen molar-refractivity contribution >= 4 is 11.9 Å². The van der Waals surface area contributed by atoms with Gasteiger partial charge in [-0.15, -0.1) is 0 Å². The molecule has 5 heteroatoms. The molecule has 1 atom stereocenters. The van der Waals surface area contributed by atoms with Gasteiger partial charge in [0.2, 0.25) is 5.91 Å². The molecule has 0 aromatic heterocycles. The highest BCUT2D eigenvalue weighted by molar-refractivity contribution is 6.02. The van der Waals surface area contributed by atoms with Crippen LogP contribution in [-0.4, -0.2) is 23.5 Å². The van der Waals surface area contributed by atoms with Crippen molar-refractivity contribution in [3.05, 3.63) is 47.0 Å². The molecule has 3 N–H and O–H groups in total. The topological polar surface area (TPSA) is 78.4 Å². The summed E-state index contributed by atoms with van der Waals surface area (Å²) in [6, 6.07) is 6.20. The number of rotatable bonds is 4. The van der Waals surface area contributed by atoms with E-state index in [9.17, 15) is 14.7 Å². The molecule has 0 radical (unpaired) electrons. The van der Waals surface area contributed by atoms with E-state index in [1.165, 1.54) is 11.1 Å². The summed E-state index contributed by atoms with van der Waals surface area (Å²) in [4.78, 5) is 24.1. The monoisotopic (exact) mass is 314 g/mol. The van der Waals surface area contributed by atoms with Crippen molar-refractivity contribution in [2.75, 3.05) is 6.54 Å². The molecule has 122 valence electrons. The van der Waals surface area contributed by atoms with Crippen LogP contribution in [0.3, 0.4) is 0 Å². The van der Waals surface area contributed by atoms with Gasteiger partial charge in [0.15, 0.2) is 0 Å². The number of fused-ring (bicyclic) bond motifs is 1. The highest BCUT2D eigenvalue weighted by atomic mass is 16.4. The van der Waals surface area contributed by atoms with Crippen LogP contribution in [0, 0.1) is 5.41 Å². The first-order chi connectivity index (χ1) is 11.1. The second-order valence-corrected chi connectivity index (χ2v) is 6.31. The number of allylic oxidation sites excluding steroid dienone is 2. The average molecular weight is 314 g/mol. The molecule has 1 heterocycles. The number of carbonyl (C=O) groups excluding carboxylic acids is 1. The third-order valence-corrected chi connectivity index (χ3v) is 4.83. The Morgan fingerprint density at radius 1 is 1.26 bits per heavy atom. The van der Waals surface area contributed by atoms with Crippen LogP contribution in [0.4, 0.5) is 0 Å². The fourth-order valence-corrected chi connectivity index (χ4v) is 3.32. The maximum absolute atomic E-state index is 12.5. The van der Waals surface area contributed by atoms with E-state index in [4.69, 9.17) is 0 Å². The molecule has 23 heavy (non-hydrogen) atoms. The van der Waals surface area contributed by atoms with Crippen LogP contribution >= 0.6 is 0 Å². The molecule has 0 spiro atoms. The number of hydrogen-bond donors (Lipinski definition) is 3. The molecule has 1 unspecified atom stereocenters. The molecule has 0 fully saturated rings. The lowest BCUT2D eigenvalue weighted by molar-refractivity contribution is -0.156. The maximum atomic E-state index is 12.5. The lowest BCUT2D eigenvalue weighted by atomic mass is 9.76. The van der Waals surface area contributed by atoms with Crippen molar-refractivity contribution in [2.24, 2.45) is 5.41 Å². The first-order valence-electron chi connectivity index (χ1n) is 8.10. The zero-order valence-electron chi connectivity index (χ0n) is 13.1. The second kappa shape index (κ2) is 6.54. The summed E-state index contributed by atoms with van der Waals surface area (Å²) in [5.41, 5.74) is 2.31. The van der Waals surface area contributed by atoms with Crippen molar-refractivity contribution in [3.63, 3.8) is 0 Å². The zero-order valence-corrected chi connectivity index (χ0v) is 13.1. The first kappa shape index (κ1) is 15.7. The third-order valence-electron chi connectivity index (χ3n) is 4.83. The number of aliphatic carboxylic acids is 1. The Morgan fingerprint density at radius 2 is 2.13 bits per heavy atom. The van der Waals surface area contributed by atoms with Crippen molar-refractivity contribution in [1.29, 1.82) is 0 Å². The Balaban J connectivity index is 1.68. The van der Waals surface area contributed by atoms with Gasteiger partial charge in [-0.25, -0.2) is 0 Å². The number of nitrogens with one attached hydrogen (secondary N) is 2. The van der Waals surface area contributed by atoms with Crippen molar-refractivity contribution < 1.29 is 14.7 Å². The van der Waals surface area contributed by atoms with E-state index in [2.05, 4.69) is 22.8 Å². The van der Waals surface area contributed by atoms with Crippen LogP contribution in [0.5, 0.6) is 0 Å². The van der Waals surface area contributed by atoms with Gasteiger partial charge < -0.3 is 15.7 Å². The molecule has 1 amide bonds. The van der Waals surface area contributed by atoms with E-state index in [-0.39, 0.29) is 12.3 Å². The van der Waals surface area contributed by atoms with Crippen molar-refractivity contribution in [2.45, 2.75) is 38.8 Å². The van der Waals surface area contributed by atoms with Gasteiger partial charge in [-0.1, -0.05) is 30.4 Å². The Kier molecular flexibility index (Phi) is 4.48. The Morgan fingerprint density at radius 3 is 2.87 bits per heavy atom. The molecule has 2 aliphatic rings. The number of carbonyl (C=O) groups is 2. The van der Waals surface area contributed by atoms with Gasteiger partial charge in [0.05, 0.1) is 0 Å². The molecule has 5 nitrogen and oxygen atoms in total. The van der Waals surface area contributed by atoms with E-state index < -0.39 is 11.4 Å². The van der Waals surface area contributed by atoms with Crippen LogP contribution in [0.2, 0.25) is 0 Å². The number of benzene rings is 1. The molecule has 3 rings (SSSR count). The summed E-state index contributed by atoms with van der Waals surface area (Å²) < 4.78 is 0. The minimum Gasteiger partial charge on any atom is -0.480 e. The van der Waals surface area contributed by atoms with Gasteiger partial charge in [0.25, 0.3) is 0 Å². The normalized spacial score (nSPS) is 23.1. The van der Waals surface area contributed by atoms with E-state index >= 15 is 0 Å². The Bertz CT molecular complexity index is 654. The van der Waals surface area contributed by atoms with Gasteiger partial charge in [-0.2, -0.15) is 0 Å². The lowest BCUT2D eigenvalue weighted by Crippen LogP contribution is -2.46. The van der Waals surface area contributed by atoms with Gasteiger partial charge in [0.1, 0.15) is 5.41 Å². The fraction of sp³-hybridized carbons (Fsp3) is 0.444. The predicted molar refractivity (Wildman–Crippen MR) is 86.8 cm³/mol. The largest absolute Gasteiger partial charge is 0.480 e. The van der Waals surface area contributed by atoms with E-state index in [1.54, 1.807) is 6.08 Å². The standard InChI is InChI=1S/C18H22N2O3/c21-16(18(17(22)23)7-2-1-3-8-18)20-11-13-4-5-15-12-19-9-6-14(15)10-13/h1-2,4-5,10,19H,3,6-9,11-12H2,(H,20,21)(H,22,23). The van der Waals surface area contributed by atoms with E-state index in [0.29, 0.717) is 19.4 Å². The molecule has 1 aliphatic carbocycles. The van der Waals surface area contributed by atoms with Gasteiger partial charge in [-0.3, -0.25) is 9.59 Å². The molecular formula is C18H22N2O3. The molecular weight excluding hydrogens is 292 g/mol. The second-order valence-electron chi connectivity index (χ2n) is 6.31. The summed E-state index contributed by atoms with van der Waals surface area (Å²) in [7, 11) is 0. The number of amides is 1. The smallest absolute Gasteiger partial charge is 0.319 e. The molecule has 1 aliphatic heterocycles. The van der Waals surface area contributed by atoms with Crippen LogP contribution in [-0.2, 0) is 29.1 Å². The summed E-state index contributed by atoms with van der Waals surface area (Å²) >= 11 is 0. The van der Waals surface area contributed by atoms with Crippen LogP contribution < -0.4 is 10.6 Å². The number of carboxylic acid groups (broad SMARTS) is 1. The number of carboxylic acids is 1. The van der Waals surface area contributed by atoms with Crippen LogP contribution in [0.25, 0.3) is 0 Å². The minimum atomic E-state index is -1.31. The van der Waals surface area contributed by atoms with Gasteiger partial charge in [-0.05, 0) is 48.9 Å². The quantitative estimate of drug-likeness (QED) is 0.584. The molecule has 0 saturated heterocycles. The zero-order chi connectivity index (χ0) is 16.3. The van der Waals surface area contributed by atoms with Crippen molar-refractivity contribution in [1.82, 2.24) is 10.6 Å². The molecule has 1 aromatic carbocycles. The first-order valence-corrected chi connectivity index (χ1v) is 8.10. The Labute approximate surface area is 135 Å². The Hall–Kier alpha value is -2.14. The predicted octanol–water partition coefficient (Wildman–Crippen LogP) is 1.76. The fourth-order valence-electron chi connectivity index (χ4n) is 3.32. The molecule has 0 bridgehead atoms. The van der Waals surface area contributed by atoms with Gasteiger partial charge >= 0.3 is 5.97 Å². The highest BCUT2D eigenvalue weighted by Crippen LogP contribution is 2.33. The van der Waals surface area contributed by atoms with E-state index in [1.807, 2.05) is 12.1 Å². The molecule has 0 saturated carbocycles. The van der Waals surface area contributed by atoms with Crippen LogP contribution in [0.15, 0.2) is 30.4 Å². The van der Waals surface area contributed by atoms with E-state index in [0.717, 1.165) is 25.1 Å². The summed E-state index contributed by atoms with van der Waals surface area (Å²) in [6.07, 6.45) is 5.98. The average Bonchev–Trinajstić information content (AvgIpc) is 2.60. The van der Waals surface area contributed by atoms with Crippen LogP contribution in [0.1, 0.15) is 36.0 Å². The highest BCUT2D eigenvalue weighted by Gasteiger charge is 2.45. The minimum absolute atomic E-state index is 0.268. The molecule has 1 aromatic rings. The summed E-state index contributed by atoms with van der Waals surface area (Å²) in [5.74, 6) is -1.41. The van der Waals surface area contributed by atoms with Crippen molar-refractivity contribution in [3.8, 4) is 0 Å². The number of hydrogen-bond acceptors (Lipinski definition) is 3. The van der Waals surface area contributed by atoms with Gasteiger partial charge in [0, 0.05) is 13.1 Å². The summed E-state index contributed by atoms with van der Waals surface area (Å²) in [6.45, 7) is 2.23. The summed E-state index contributed by atoms with van der Waals surface area (Å²) in [5, 5.41) is 15.7. The maximum Gasteiger partial charge on any atom is 0.319 e. The lowest BCUT2D eigenvalue weighted by Gasteiger charge is -2.29. The SMILES string of the molecule is O=C(O)C1(C(=O)NCc2ccc3c(c2)CCNC3)CC=CCC1.